The molecule has 0 radical (unpaired) electrons. The van der Waals surface area contributed by atoms with Crippen molar-refractivity contribution < 1.29 is 27.4 Å². The van der Waals surface area contributed by atoms with E-state index in [4.69, 9.17) is 14.2 Å². The molecule has 2 heterocycles. The summed E-state index contributed by atoms with van der Waals surface area (Å²) >= 11 is 0. The van der Waals surface area contributed by atoms with E-state index < -0.39 is 22.0 Å². The van der Waals surface area contributed by atoms with E-state index in [1.165, 1.54) is 0 Å². The van der Waals surface area contributed by atoms with Crippen LogP contribution in [0.15, 0.2) is 47.9 Å². The average Bonchev–Trinajstić information content (AvgIpc) is 3.19. The molecule has 2 fully saturated rings. The Kier molecular flexibility index (Phi) is 6.18. The molecule has 0 aromatic heterocycles. The Morgan fingerprint density at radius 3 is 2.63 bits per heavy atom. The second-order valence-electron chi connectivity index (χ2n) is 6.84. The number of carbonyl (C=O) groups is 1. The van der Waals surface area contributed by atoms with Gasteiger partial charge in [0.05, 0.1) is 35.5 Å². The van der Waals surface area contributed by atoms with Gasteiger partial charge in [-0.25, -0.2) is 13.2 Å². The molecule has 2 saturated heterocycles. The monoisotopic (exact) mass is 395 g/mol. The fourth-order valence-corrected chi connectivity index (χ4v) is 5.48. The summed E-state index contributed by atoms with van der Waals surface area (Å²) in [6.45, 7) is 4.16. The summed E-state index contributed by atoms with van der Waals surface area (Å²) < 4.78 is 42.7. The third kappa shape index (κ3) is 4.51. The molecule has 5 atom stereocenters. The Bertz CT molecular complexity index is 766. The highest BCUT2D eigenvalue weighted by molar-refractivity contribution is 7.91. The van der Waals surface area contributed by atoms with E-state index in [0.717, 1.165) is 0 Å². The summed E-state index contributed by atoms with van der Waals surface area (Å²) in [6, 6.07) is 8.38. The molecule has 1 N–H and O–H groups in total. The van der Waals surface area contributed by atoms with E-state index in [1.54, 1.807) is 43.5 Å². The number of hydrogen-bond donors (Lipinski definition) is 1. The molecule has 0 bridgehead atoms. The molecule has 2 aliphatic heterocycles. The average molecular weight is 395 g/mol. The van der Waals surface area contributed by atoms with E-state index in [0.29, 0.717) is 19.4 Å². The topological polar surface area (TPSA) is 90.9 Å². The lowest BCUT2D eigenvalue weighted by atomic mass is 9.94. The van der Waals surface area contributed by atoms with Crippen LogP contribution in [0.25, 0.3) is 0 Å². The molecule has 0 spiro atoms. The number of benzene rings is 1. The fraction of sp³-hybridized carbons (Fsp3) is 0.526. The van der Waals surface area contributed by atoms with Crippen LogP contribution in [0, 0.1) is 5.92 Å². The Labute approximate surface area is 159 Å². The maximum absolute atomic E-state index is 12.9. The van der Waals surface area contributed by atoms with Crippen molar-refractivity contribution in [1.82, 2.24) is 5.32 Å². The Morgan fingerprint density at radius 2 is 2.04 bits per heavy atom. The van der Waals surface area contributed by atoms with Crippen molar-refractivity contribution in [1.29, 1.82) is 0 Å². The lowest BCUT2D eigenvalue weighted by Gasteiger charge is -2.23. The van der Waals surface area contributed by atoms with Crippen molar-refractivity contribution in [3.8, 4) is 0 Å². The van der Waals surface area contributed by atoms with Gasteiger partial charge in [0.1, 0.15) is 6.10 Å². The van der Waals surface area contributed by atoms with Gasteiger partial charge in [-0.05, 0) is 18.6 Å². The molecule has 1 amide bonds. The maximum atomic E-state index is 12.9. The van der Waals surface area contributed by atoms with Crippen molar-refractivity contribution >= 4 is 15.9 Å². The highest BCUT2D eigenvalue weighted by Crippen LogP contribution is 2.36. The van der Waals surface area contributed by atoms with Gasteiger partial charge in [-0.1, -0.05) is 24.3 Å². The first-order valence-electron chi connectivity index (χ1n) is 8.96. The second-order valence-corrected chi connectivity index (χ2v) is 8.87. The zero-order valence-corrected chi connectivity index (χ0v) is 16.1. The fourth-order valence-electron chi connectivity index (χ4n) is 3.80. The molecule has 1 aromatic carbocycles. The molecule has 1 aromatic rings. The first kappa shape index (κ1) is 19.9. The maximum Gasteiger partial charge on any atom is 0.407 e. The van der Waals surface area contributed by atoms with Gasteiger partial charge in [0, 0.05) is 19.4 Å². The summed E-state index contributed by atoms with van der Waals surface area (Å²) in [5.41, 5.74) is 0. The standard InChI is InChI=1S/C19H25NO6S/c1-3-7-16-15(12-27(22,23)14-8-5-4-6-9-14)18(24-2)17(26-16)10-13-11-20-19(21)25-13/h3-6,8-9,13,15-18H,1,7,10-12H2,2H3,(H,20,21)/t13-,15-,16?,17?,18+/m0/s1. The highest BCUT2D eigenvalue weighted by atomic mass is 32.2. The number of hydrogen-bond acceptors (Lipinski definition) is 6. The van der Waals surface area contributed by atoms with E-state index in [-0.39, 0.29) is 34.9 Å². The van der Waals surface area contributed by atoms with Crippen LogP contribution >= 0.6 is 0 Å². The molecule has 0 saturated carbocycles. The zero-order valence-electron chi connectivity index (χ0n) is 15.2. The van der Waals surface area contributed by atoms with Gasteiger partial charge < -0.3 is 19.5 Å². The van der Waals surface area contributed by atoms with Gasteiger partial charge in [-0.3, -0.25) is 0 Å². The Balaban J connectivity index is 1.78. The van der Waals surface area contributed by atoms with E-state index in [2.05, 4.69) is 11.9 Å². The molecule has 148 valence electrons. The van der Waals surface area contributed by atoms with Crippen LogP contribution in [0.1, 0.15) is 12.8 Å². The Morgan fingerprint density at radius 1 is 1.30 bits per heavy atom. The van der Waals surface area contributed by atoms with Gasteiger partial charge in [-0.2, -0.15) is 0 Å². The summed E-state index contributed by atoms with van der Waals surface area (Å²) in [6.07, 6.45) is 0.856. The van der Waals surface area contributed by atoms with Gasteiger partial charge in [0.2, 0.25) is 0 Å². The van der Waals surface area contributed by atoms with Crippen molar-refractivity contribution in [2.24, 2.45) is 5.92 Å². The van der Waals surface area contributed by atoms with Crippen LogP contribution in [0.4, 0.5) is 4.79 Å². The molecule has 27 heavy (non-hydrogen) atoms. The first-order chi connectivity index (χ1) is 12.9. The highest BCUT2D eigenvalue weighted by Gasteiger charge is 2.47. The van der Waals surface area contributed by atoms with Crippen molar-refractivity contribution in [3.05, 3.63) is 43.0 Å². The van der Waals surface area contributed by atoms with Gasteiger partial charge in [-0.15, -0.1) is 6.58 Å². The zero-order chi connectivity index (χ0) is 19.4. The number of nitrogens with one attached hydrogen (secondary N) is 1. The van der Waals surface area contributed by atoms with Crippen molar-refractivity contribution in [2.75, 3.05) is 19.4 Å². The molecule has 2 unspecified atom stereocenters. The van der Waals surface area contributed by atoms with Gasteiger partial charge in [0.15, 0.2) is 9.84 Å². The van der Waals surface area contributed by atoms with Crippen LogP contribution in [-0.4, -0.2) is 58.3 Å². The molecular weight excluding hydrogens is 370 g/mol. The molecule has 8 heteroatoms. The number of rotatable bonds is 8. The minimum atomic E-state index is -3.49. The second kappa shape index (κ2) is 8.41. The lowest BCUT2D eigenvalue weighted by molar-refractivity contribution is -0.0267. The summed E-state index contributed by atoms with van der Waals surface area (Å²) in [5, 5.41) is 2.61. The quantitative estimate of drug-likeness (QED) is 0.677. The largest absolute Gasteiger partial charge is 0.444 e. The van der Waals surface area contributed by atoms with E-state index in [9.17, 15) is 13.2 Å². The molecule has 7 nitrogen and oxygen atoms in total. The third-order valence-corrected chi connectivity index (χ3v) is 6.86. The number of cyclic esters (lactones) is 1. The van der Waals surface area contributed by atoms with E-state index >= 15 is 0 Å². The molecule has 2 aliphatic rings. The predicted octanol–water partition coefficient (Wildman–Crippen LogP) is 1.93. The number of ether oxygens (including phenoxy) is 3. The third-order valence-electron chi connectivity index (χ3n) is 5.04. The SMILES string of the molecule is C=CCC1OC(C[C@H]2CNC(=O)O2)[C@H](OC)[C@H]1CS(=O)(=O)c1ccccc1. The number of sulfone groups is 1. The van der Waals surface area contributed by atoms with E-state index in [1.807, 2.05) is 0 Å². The molecular formula is C19H25NO6S. The van der Waals surface area contributed by atoms with Crippen LogP contribution in [0.5, 0.6) is 0 Å². The van der Waals surface area contributed by atoms with Crippen LogP contribution in [0.2, 0.25) is 0 Å². The summed E-state index contributed by atoms with van der Waals surface area (Å²) in [5.74, 6) is -0.416. The lowest BCUT2D eigenvalue weighted by Crippen LogP contribution is -2.36. The normalized spacial score (nSPS) is 30.7. The molecule has 0 aliphatic carbocycles. The minimum absolute atomic E-state index is 0.0762. The van der Waals surface area contributed by atoms with Crippen molar-refractivity contribution in [2.45, 2.75) is 42.2 Å². The van der Waals surface area contributed by atoms with Gasteiger partial charge >= 0.3 is 6.09 Å². The van der Waals surface area contributed by atoms with Crippen LogP contribution in [-0.2, 0) is 24.0 Å². The Hall–Kier alpha value is -1.90. The summed E-state index contributed by atoms with van der Waals surface area (Å²) in [4.78, 5) is 11.5. The number of alkyl carbamates (subject to hydrolysis) is 1. The van der Waals surface area contributed by atoms with Crippen molar-refractivity contribution in [3.63, 3.8) is 0 Å². The predicted molar refractivity (Wildman–Crippen MR) is 99.1 cm³/mol. The summed E-state index contributed by atoms with van der Waals surface area (Å²) in [7, 11) is -1.94. The number of amides is 1. The van der Waals surface area contributed by atoms with Crippen LogP contribution < -0.4 is 5.32 Å². The smallest absolute Gasteiger partial charge is 0.407 e. The number of methoxy groups -OCH3 is 1. The molecule has 3 rings (SSSR count). The van der Waals surface area contributed by atoms with Crippen LogP contribution in [0.3, 0.4) is 0 Å². The minimum Gasteiger partial charge on any atom is -0.444 e. The first-order valence-corrected chi connectivity index (χ1v) is 10.6. The number of carbonyl (C=O) groups excluding carboxylic acids is 1. The van der Waals surface area contributed by atoms with Gasteiger partial charge in [0.25, 0.3) is 0 Å².